The van der Waals surface area contributed by atoms with Crippen molar-refractivity contribution in [3.8, 4) is 0 Å². The highest BCUT2D eigenvalue weighted by Crippen LogP contribution is 2.35. The van der Waals surface area contributed by atoms with Crippen LogP contribution < -0.4 is 5.32 Å². The third-order valence-corrected chi connectivity index (χ3v) is 6.54. The summed E-state index contributed by atoms with van der Waals surface area (Å²) in [6, 6.07) is 11.6. The van der Waals surface area contributed by atoms with Gasteiger partial charge in [0.15, 0.2) is 0 Å². The lowest BCUT2D eigenvalue weighted by Gasteiger charge is -2.25. The maximum absolute atomic E-state index is 12.9. The van der Waals surface area contributed by atoms with Gasteiger partial charge in [-0.05, 0) is 37.8 Å². The second-order valence-electron chi connectivity index (χ2n) is 8.26. The van der Waals surface area contributed by atoms with Gasteiger partial charge in [0.25, 0.3) is 0 Å². The van der Waals surface area contributed by atoms with E-state index in [1.165, 1.54) is 12.0 Å². The van der Waals surface area contributed by atoms with Crippen LogP contribution in [0.3, 0.4) is 0 Å². The minimum absolute atomic E-state index is 0.0309. The van der Waals surface area contributed by atoms with E-state index in [4.69, 9.17) is 0 Å². The molecule has 0 spiro atoms. The van der Waals surface area contributed by atoms with E-state index in [-0.39, 0.29) is 12.1 Å². The largest absolute Gasteiger partial charge is 0.330 e. The molecule has 2 amide bonds. The van der Waals surface area contributed by atoms with Crippen molar-refractivity contribution in [3.63, 3.8) is 0 Å². The van der Waals surface area contributed by atoms with E-state index < -0.39 is 0 Å². The summed E-state index contributed by atoms with van der Waals surface area (Å²) in [6.07, 6.45) is 5.95. The molecule has 2 unspecified atom stereocenters. The van der Waals surface area contributed by atoms with Gasteiger partial charge in [-0.25, -0.2) is 9.78 Å². The van der Waals surface area contributed by atoms with Crippen LogP contribution in [0, 0.1) is 5.92 Å². The Morgan fingerprint density at radius 1 is 1.26 bits per heavy atom. The van der Waals surface area contributed by atoms with Crippen LogP contribution in [0.25, 0.3) is 0 Å². The molecule has 2 fully saturated rings. The van der Waals surface area contributed by atoms with E-state index in [2.05, 4.69) is 57.0 Å². The molecule has 1 N–H and O–H groups in total. The lowest BCUT2D eigenvalue weighted by molar-refractivity contribution is 0.189. The Morgan fingerprint density at radius 2 is 2.11 bits per heavy atom. The molecule has 1 aromatic carbocycles. The molecule has 0 saturated carbocycles. The van der Waals surface area contributed by atoms with Crippen molar-refractivity contribution in [3.05, 3.63) is 54.1 Å². The monoisotopic (exact) mass is 365 g/mol. The van der Waals surface area contributed by atoms with E-state index in [0.717, 1.165) is 38.4 Å². The lowest BCUT2D eigenvalue weighted by atomic mass is 10.0. The molecule has 1 aromatic heterocycles. The van der Waals surface area contributed by atoms with Crippen LogP contribution in [-0.2, 0) is 6.54 Å². The van der Waals surface area contributed by atoms with E-state index >= 15 is 0 Å². The van der Waals surface area contributed by atoms with Gasteiger partial charge < -0.3 is 14.8 Å². The molecular formula is C21H27N5O. The van der Waals surface area contributed by atoms with Crippen LogP contribution in [0.15, 0.2) is 42.7 Å². The molecule has 6 nitrogen and oxygen atoms in total. The fourth-order valence-corrected chi connectivity index (χ4v) is 5.12. The first kappa shape index (κ1) is 16.8. The molecule has 2 aromatic rings. The van der Waals surface area contributed by atoms with Gasteiger partial charge in [-0.1, -0.05) is 30.3 Å². The summed E-state index contributed by atoms with van der Waals surface area (Å²) in [5, 5.41) is 3.23. The van der Waals surface area contributed by atoms with Crippen LogP contribution in [0.4, 0.5) is 4.79 Å². The summed E-state index contributed by atoms with van der Waals surface area (Å²) >= 11 is 0. The Morgan fingerprint density at radius 3 is 2.96 bits per heavy atom. The maximum atomic E-state index is 12.9. The van der Waals surface area contributed by atoms with Crippen LogP contribution in [0.2, 0.25) is 0 Å². The number of urea groups is 1. The maximum Gasteiger partial charge on any atom is 0.318 e. The number of rotatable bonds is 3. The minimum Gasteiger partial charge on any atom is -0.330 e. The van der Waals surface area contributed by atoms with Crippen molar-refractivity contribution in [2.45, 2.75) is 44.4 Å². The summed E-state index contributed by atoms with van der Waals surface area (Å²) in [5.74, 6) is 1.59. The third-order valence-electron chi connectivity index (χ3n) is 6.54. The van der Waals surface area contributed by atoms with Crippen LogP contribution in [0.1, 0.15) is 43.2 Å². The number of aromatic nitrogens is 2. The number of nitrogens with zero attached hydrogens (tertiary/aromatic N) is 4. The van der Waals surface area contributed by atoms with Gasteiger partial charge in [-0.2, -0.15) is 0 Å². The number of imidazole rings is 1. The van der Waals surface area contributed by atoms with Crippen molar-refractivity contribution in [2.75, 3.05) is 19.6 Å². The summed E-state index contributed by atoms with van der Waals surface area (Å²) in [7, 11) is 0. The van der Waals surface area contributed by atoms with Gasteiger partial charge in [0.05, 0.1) is 6.04 Å². The van der Waals surface area contributed by atoms with Crippen molar-refractivity contribution in [2.24, 2.45) is 5.92 Å². The number of hydrogen-bond acceptors (Lipinski definition) is 3. The van der Waals surface area contributed by atoms with Gasteiger partial charge in [-0.15, -0.1) is 0 Å². The number of hydrogen-bond donors (Lipinski definition) is 1. The van der Waals surface area contributed by atoms with Crippen molar-refractivity contribution >= 4 is 6.03 Å². The highest BCUT2D eigenvalue weighted by Gasteiger charge is 2.43. The summed E-state index contributed by atoms with van der Waals surface area (Å²) < 4.78 is 2.17. The molecule has 4 atom stereocenters. The van der Waals surface area contributed by atoms with E-state index in [1.54, 1.807) is 0 Å². The second kappa shape index (κ2) is 6.68. The summed E-state index contributed by atoms with van der Waals surface area (Å²) in [6.45, 7) is 6.00. The highest BCUT2D eigenvalue weighted by molar-refractivity contribution is 5.75. The molecular weight excluding hydrogens is 338 g/mol. The SMILES string of the molecule is CC1CC(NC(=O)N2C[C@H]3CCN(Cc4ccccc4)[C@H]3C2)c2nccn21. The predicted molar refractivity (Wildman–Crippen MR) is 103 cm³/mol. The molecule has 3 aliphatic rings. The molecule has 3 aliphatic heterocycles. The Bertz CT molecular complexity index is 819. The summed E-state index contributed by atoms with van der Waals surface area (Å²) in [4.78, 5) is 21.9. The average Bonchev–Trinajstić information content (AvgIpc) is 3.42. The minimum atomic E-state index is 0.0309. The zero-order valence-corrected chi connectivity index (χ0v) is 15.8. The Labute approximate surface area is 160 Å². The Kier molecular flexibility index (Phi) is 4.16. The van der Waals surface area contributed by atoms with E-state index in [9.17, 15) is 4.79 Å². The smallest absolute Gasteiger partial charge is 0.318 e. The molecule has 5 rings (SSSR count). The van der Waals surface area contributed by atoms with E-state index in [1.807, 2.05) is 17.3 Å². The standard InChI is InChI=1S/C21H27N5O/c1-15-11-18(20-22-8-10-26(15)20)23-21(27)25-13-17-7-9-24(19(17)14-25)12-16-5-3-2-4-6-16/h2-6,8,10,15,17-19H,7,9,11-14H2,1H3,(H,23,27)/t15?,17-,18?,19+/m1/s1. The van der Waals surface area contributed by atoms with Crippen molar-refractivity contribution in [1.29, 1.82) is 0 Å². The number of fused-ring (bicyclic) bond motifs is 2. The van der Waals surface area contributed by atoms with Gasteiger partial charge in [0.2, 0.25) is 0 Å². The zero-order chi connectivity index (χ0) is 18.4. The van der Waals surface area contributed by atoms with Gasteiger partial charge in [-0.3, -0.25) is 4.90 Å². The Balaban J connectivity index is 1.22. The molecule has 0 bridgehead atoms. The Hall–Kier alpha value is -2.34. The highest BCUT2D eigenvalue weighted by atomic mass is 16.2. The first-order chi connectivity index (χ1) is 13.2. The van der Waals surface area contributed by atoms with Gasteiger partial charge in [0.1, 0.15) is 5.82 Å². The van der Waals surface area contributed by atoms with Crippen molar-refractivity contribution < 1.29 is 4.79 Å². The molecule has 27 heavy (non-hydrogen) atoms. The molecule has 0 radical (unpaired) electrons. The fourth-order valence-electron chi connectivity index (χ4n) is 5.12. The second-order valence-corrected chi connectivity index (χ2v) is 8.26. The number of nitrogens with one attached hydrogen (secondary N) is 1. The predicted octanol–water partition coefficient (Wildman–Crippen LogP) is 2.80. The third kappa shape index (κ3) is 3.02. The molecule has 0 aliphatic carbocycles. The number of amides is 2. The van der Waals surface area contributed by atoms with Gasteiger partial charge >= 0.3 is 6.03 Å². The number of carbonyl (C=O) groups is 1. The van der Waals surface area contributed by atoms with Crippen molar-refractivity contribution in [1.82, 2.24) is 24.7 Å². The zero-order valence-electron chi connectivity index (χ0n) is 15.8. The van der Waals surface area contributed by atoms with E-state index in [0.29, 0.717) is 18.0 Å². The first-order valence-corrected chi connectivity index (χ1v) is 10.0. The van der Waals surface area contributed by atoms with Gasteiger partial charge in [0, 0.05) is 44.1 Å². The first-order valence-electron chi connectivity index (χ1n) is 10.0. The normalized spacial score (nSPS) is 29.7. The molecule has 6 heteroatoms. The van der Waals surface area contributed by atoms with Crippen LogP contribution >= 0.6 is 0 Å². The molecule has 142 valence electrons. The molecule has 4 heterocycles. The van der Waals surface area contributed by atoms with Crippen LogP contribution in [0.5, 0.6) is 0 Å². The van der Waals surface area contributed by atoms with Crippen LogP contribution in [-0.4, -0.2) is 51.1 Å². The fraction of sp³-hybridized carbons (Fsp3) is 0.524. The number of likely N-dealkylation sites (tertiary alicyclic amines) is 2. The lowest BCUT2D eigenvalue weighted by Crippen LogP contribution is -2.42. The quantitative estimate of drug-likeness (QED) is 0.910. The number of benzene rings is 1. The summed E-state index contributed by atoms with van der Waals surface area (Å²) in [5.41, 5.74) is 1.35. The number of carbonyl (C=O) groups excluding carboxylic acids is 1. The average molecular weight is 365 g/mol. The topological polar surface area (TPSA) is 53.4 Å². The molecule has 2 saturated heterocycles.